The molecule has 0 aliphatic heterocycles. The molecule has 0 radical (unpaired) electrons. The van der Waals surface area contributed by atoms with Gasteiger partial charge in [-0.15, -0.1) is 0 Å². The van der Waals surface area contributed by atoms with Crippen molar-refractivity contribution in [3.8, 4) is 11.4 Å². The Bertz CT molecular complexity index is 981. The number of likely N-dealkylation sites (N-methyl/N-ethyl adjacent to an activating group) is 1. The van der Waals surface area contributed by atoms with Gasteiger partial charge in [-0.05, 0) is 48.1 Å². The number of nitrogens with one attached hydrogen (secondary N) is 1. The highest BCUT2D eigenvalue weighted by Gasteiger charge is 2.16. The van der Waals surface area contributed by atoms with E-state index in [-0.39, 0.29) is 12.5 Å². The van der Waals surface area contributed by atoms with Gasteiger partial charge in [0.1, 0.15) is 6.54 Å². The molecule has 0 aliphatic rings. The van der Waals surface area contributed by atoms with Crippen molar-refractivity contribution < 1.29 is 4.79 Å². The molecule has 0 saturated heterocycles. The molecule has 1 aromatic heterocycles. The Morgan fingerprint density at radius 2 is 1.88 bits per heavy atom. The maximum Gasteiger partial charge on any atom is 0.242 e. The lowest BCUT2D eigenvalue weighted by molar-refractivity contribution is -0.131. The van der Waals surface area contributed by atoms with Gasteiger partial charge in [0.2, 0.25) is 5.91 Å². The lowest BCUT2D eigenvalue weighted by Gasteiger charge is -2.18. The maximum atomic E-state index is 12.7. The van der Waals surface area contributed by atoms with Crippen molar-refractivity contribution >= 4 is 41.3 Å². The molecular weight excluding hydrogens is 391 g/mol. The number of benzene rings is 2. The van der Waals surface area contributed by atoms with Gasteiger partial charge in [-0.3, -0.25) is 14.5 Å². The topological polar surface area (TPSA) is 53.9 Å². The molecule has 1 amide bonds. The smallest absolute Gasteiger partial charge is 0.242 e. The second-order valence-electron chi connectivity index (χ2n) is 5.79. The molecule has 0 fully saturated rings. The highest BCUT2D eigenvalue weighted by atomic mass is 35.5. The van der Waals surface area contributed by atoms with Crippen LogP contribution in [0.4, 0.5) is 0 Å². The van der Waals surface area contributed by atoms with Crippen LogP contribution in [0.25, 0.3) is 11.4 Å². The molecule has 3 aromatic rings. The van der Waals surface area contributed by atoms with E-state index in [1.54, 1.807) is 34.7 Å². The van der Waals surface area contributed by atoms with Gasteiger partial charge in [-0.1, -0.05) is 41.4 Å². The van der Waals surface area contributed by atoms with Crippen LogP contribution >= 0.6 is 35.4 Å². The Labute approximate surface area is 166 Å². The molecule has 0 unspecified atom stereocenters. The Morgan fingerprint density at radius 1 is 1.19 bits per heavy atom. The summed E-state index contributed by atoms with van der Waals surface area (Å²) >= 11 is 17.4. The number of halogens is 2. The van der Waals surface area contributed by atoms with Crippen molar-refractivity contribution in [3.63, 3.8) is 0 Å². The van der Waals surface area contributed by atoms with Crippen LogP contribution in [0.5, 0.6) is 0 Å². The van der Waals surface area contributed by atoms with E-state index in [0.29, 0.717) is 27.2 Å². The average Bonchev–Trinajstić information content (AvgIpc) is 2.98. The molecule has 2 aromatic carbocycles. The van der Waals surface area contributed by atoms with Gasteiger partial charge >= 0.3 is 0 Å². The Hall–Kier alpha value is -2.15. The lowest BCUT2D eigenvalue weighted by atomic mass is 10.2. The summed E-state index contributed by atoms with van der Waals surface area (Å²) in [5.74, 6) is 0.490. The zero-order chi connectivity index (χ0) is 18.7. The zero-order valence-corrected chi connectivity index (χ0v) is 16.3. The summed E-state index contributed by atoms with van der Waals surface area (Å²) in [6, 6.07) is 14.7. The largest absolute Gasteiger partial charge is 0.340 e. The van der Waals surface area contributed by atoms with Crippen molar-refractivity contribution in [2.24, 2.45) is 0 Å². The first kappa shape index (κ1) is 18.6. The molecule has 0 aliphatic carbocycles. The van der Waals surface area contributed by atoms with Crippen molar-refractivity contribution in [1.29, 1.82) is 0 Å². The Morgan fingerprint density at radius 3 is 2.58 bits per heavy atom. The van der Waals surface area contributed by atoms with Crippen LogP contribution in [0, 0.1) is 4.77 Å². The normalized spacial score (nSPS) is 10.7. The summed E-state index contributed by atoms with van der Waals surface area (Å²) < 4.78 is 2.05. The minimum absolute atomic E-state index is 0.0776. The van der Waals surface area contributed by atoms with Crippen molar-refractivity contribution in [2.45, 2.75) is 13.1 Å². The van der Waals surface area contributed by atoms with E-state index < -0.39 is 0 Å². The SMILES string of the molecule is CN(Cc1ccccc1Cl)C(=O)Cn1c(-c2ccc(Cl)cc2)n[nH]c1=S. The van der Waals surface area contributed by atoms with Crippen LogP contribution in [0.1, 0.15) is 5.56 Å². The molecule has 134 valence electrons. The Kier molecular flexibility index (Phi) is 5.76. The number of hydrogen-bond donors (Lipinski definition) is 1. The van der Waals surface area contributed by atoms with Crippen molar-refractivity contribution in [1.82, 2.24) is 19.7 Å². The lowest BCUT2D eigenvalue weighted by Crippen LogP contribution is -2.30. The summed E-state index contributed by atoms with van der Waals surface area (Å²) in [5.41, 5.74) is 1.71. The first-order valence-electron chi connectivity index (χ1n) is 7.84. The van der Waals surface area contributed by atoms with Crippen LogP contribution in [-0.2, 0) is 17.9 Å². The van der Waals surface area contributed by atoms with Gasteiger partial charge in [0.15, 0.2) is 10.6 Å². The highest BCUT2D eigenvalue weighted by Crippen LogP contribution is 2.21. The number of aromatic nitrogens is 3. The van der Waals surface area contributed by atoms with Gasteiger partial charge in [-0.25, -0.2) is 0 Å². The second-order valence-corrected chi connectivity index (χ2v) is 7.02. The number of hydrogen-bond acceptors (Lipinski definition) is 3. The first-order chi connectivity index (χ1) is 12.5. The number of H-pyrrole nitrogens is 1. The molecule has 1 N–H and O–H groups in total. The number of carbonyl (C=O) groups is 1. The Balaban J connectivity index is 1.79. The summed E-state index contributed by atoms with van der Waals surface area (Å²) in [6.45, 7) is 0.494. The standard InChI is InChI=1S/C18H16Cl2N4OS/c1-23(10-13-4-2-3-5-15(13)20)16(25)11-24-17(21-22-18(24)26)12-6-8-14(19)9-7-12/h2-9H,10-11H2,1H3,(H,22,26). The molecule has 0 bridgehead atoms. The summed E-state index contributed by atoms with van der Waals surface area (Å²) in [5, 5.41) is 8.24. The molecular formula is C18H16Cl2N4OS. The van der Waals surface area contributed by atoms with E-state index in [2.05, 4.69) is 10.2 Å². The third-order valence-corrected chi connectivity index (χ3v) is 4.88. The van der Waals surface area contributed by atoms with Crippen LogP contribution in [-0.4, -0.2) is 32.6 Å². The summed E-state index contributed by atoms with van der Waals surface area (Å²) in [7, 11) is 1.73. The molecule has 26 heavy (non-hydrogen) atoms. The molecule has 3 rings (SSSR count). The van der Waals surface area contributed by atoms with E-state index >= 15 is 0 Å². The molecule has 0 saturated carbocycles. The molecule has 0 atom stereocenters. The van der Waals surface area contributed by atoms with Gasteiger partial charge in [0, 0.05) is 29.2 Å². The van der Waals surface area contributed by atoms with Crippen LogP contribution < -0.4 is 0 Å². The van der Waals surface area contributed by atoms with E-state index in [9.17, 15) is 4.79 Å². The van der Waals surface area contributed by atoms with Crippen LogP contribution in [0.3, 0.4) is 0 Å². The fraction of sp³-hybridized carbons (Fsp3) is 0.167. The fourth-order valence-electron chi connectivity index (χ4n) is 2.51. The zero-order valence-electron chi connectivity index (χ0n) is 13.9. The van der Waals surface area contributed by atoms with E-state index in [0.717, 1.165) is 11.1 Å². The predicted octanol–water partition coefficient (Wildman–Crippen LogP) is 4.57. The highest BCUT2D eigenvalue weighted by molar-refractivity contribution is 7.71. The monoisotopic (exact) mass is 406 g/mol. The number of nitrogens with zero attached hydrogens (tertiary/aromatic N) is 3. The maximum absolute atomic E-state index is 12.7. The number of rotatable bonds is 5. The van der Waals surface area contributed by atoms with Gasteiger partial charge in [0.05, 0.1) is 0 Å². The van der Waals surface area contributed by atoms with E-state index in [1.165, 1.54) is 0 Å². The summed E-state index contributed by atoms with van der Waals surface area (Å²) in [4.78, 5) is 14.3. The predicted molar refractivity (Wildman–Crippen MR) is 106 cm³/mol. The van der Waals surface area contributed by atoms with E-state index in [4.69, 9.17) is 35.4 Å². The van der Waals surface area contributed by atoms with Crippen molar-refractivity contribution in [2.75, 3.05) is 7.05 Å². The van der Waals surface area contributed by atoms with Gasteiger partial charge in [-0.2, -0.15) is 5.10 Å². The number of carbonyl (C=O) groups excluding carboxylic acids is 1. The van der Waals surface area contributed by atoms with Crippen molar-refractivity contribution in [3.05, 3.63) is 68.9 Å². The molecule has 5 nitrogen and oxygen atoms in total. The number of aromatic amines is 1. The third kappa shape index (κ3) is 4.15. The van der Waals surface area contributed by atoms with Gasteiger partial charge in [0.25, 0.3) is 0 Å². The molecule has 8 heteroatoms. The van der Waals surface area contributed by atoms with Crippen LogP contribution in [0.2, 0.25) is 10.0 Å². The van der Waals surface area contributed by atoms with Crippen LogP contribution in [0.15, 0.2) is 48.5 Å². The average molecular weight is 407 g/mol. The quantitative estimate of drug-likeness (QED) is 0.631. The minimum atomic E-state index is -0.0994. The minimum Gasteiger partial charge on any atom is -0.340 e. The molecule has 1 heterocycles. The van der Waals surface area contributed by atoms with E-state index in [1.807, 2.05) is 30.3 Å². The second kappa shape index (κ2) is 8.03. The van der Waals surface area contributed by atoms with Gasteiger partial charge < -0.3 is 4.90 Å². The summed E-state index contributed by atoms with van der Waals surface area (Å²) in [6.07, 6.45) is 0. The number of amides is 1. The molecule has 0 spiro atoms. The first-order valence-corrected chi connectivity index (χ1v) is 9.00. The third-order valence-electron chi connectivity index (χ3n) is 3.95. The fourth-order valence-corrected chi connectivity index (χ4v) is 3.03.